The molecule has 21 heavy (non-hydrogen) atoms. The molecule has 1 aromatic rings. The summed E-state index contributed by atoms with van der Waals surface area (Å²) in [6, 6.07) is 1.85. The van der Waals surface area contributed by atoms with Gasteiger partial charge in [-0.05, 0) is 28.0 Å². The number of nitrogens with two attached hydrogens (primary N) is 1. The third kappa shape index (κ3) is 4.41. The number of hydrogen-bond donors (Lipinski definition) is 2. The van der Waals surface area contributed by atoms with Gasteiger partial charge < -0.3 is 20.6 Å². The van der Waals surface area contributed by atoms with Crippen LogP contribution in [0.2, 0.25) is 0 Å². The molecule has 1 heterocycles. The van der Waals surface area contributed by atoms with E-state index in [1.807, 2.05) is 5.32 Å². The number of nitrogens with one attached hydrogen (secondary N) is 1. The van der Waals surface area contributed by atoms with Crippen molar-refractivity contribution < 1.29 is 19.2 Å². The van der Waals surface area contributed by atoms with Crippen LogP contribution in [0.25, 0.3) is 0 Å². The summed E-state index contributed by atoms with van der Waals surface area (Å²) in [5.41, 5.74) is 5.32. The fraction of sp³-hybridized carbons (Fsp3) is 0.417. The van der Waals surface area contributed by atoms with Crippen molar-refractivity contribution in [1.29, 1.82) is 0 Å². The molecule has 114 valence electrons. The first kappa shape index (κ1) is 16.3. The first-order chi connectivity index (χ1) is 9.72. The van der Waals surface area contributed by atoms with E-state index in [1.165, 1.54) is 12.1 Å². The predicted molar refractivity (Wildman–Crippen MR) is 72.6 cm³/mol. The Kier molecular flexibility index (Phi) is 5.17. The highest BCUT2D eigenvalue weighted by molar-refractivity contribution is 5.96. The van der Waals surface area contributed by atoms with Gasteiger partial charge in [0.2, 0.25) is 5.75 Å². The topological polar surface area (TPSA) is 137 Å². The summed E-state index contributed by atoms with van der Waals surface area (Å²) in [4.78, 5) is 36.6. The minimum absolute atomic E-state index is 0.149. The molecule has 1 rings (SSSR count). The Morgan fingerprint density at radius 3 is 2.52 bits per heavy atom. The Balaban J connectivity index is 3.07. The van der Waals surface area contributed by atoms with Gasteiger partial charge >= 0.3 is 11.8 Å². The Hall–Kier alpha value is -2.71. The Labute approximate surface area is 120 Å². The lowest BCUT2D eigenvalue weighted by Crippen LogP contribution is -2.46. The van der Waals surface area contributed by atoms with E-state index in [0.717, 1.165) is 0 Å². The van der Waals surface area contributed by atoms with Gasteiger partial charge in [-0.3, -0.25) is 10.1 Å². The molecule has 9 nitrogen and oxygen atoms in total. The van der Waals surface area contributed by atoms with Crippen molar-refractivity contribution in [3.8, 4) is 5.75 Å². The van der Waals surface area contributed by atoms with Crippen LogP contribution >= 0.6 is 0 Å². The number of hydrogen-bond acceptors (Lipinski definition) is 6. The third-order valence-electron chi connectivity index (χ3n) is 2.52. The Morgan fingerprint density at radius 2 is 2.05 bits per heavy atom. The number of aryl methyl sites for hydroxylation is 1. The van der Waals surface area contributed by atoms with Crippen LogP contribution in [0, 0.1) is 23.0 Å². The molecule has 1 aromatic heterocycles. The molecule has 9 heteroatoms. The zero-order valence-corrected chi connectivity index (χ0v) is 11.8. The van der Waals surface area contributed by atoms with Gasteiger partial charge in [0, 0.05) is 6.92 Å². The van der Waals surface area contributed by atoms with Gasteiger partial charge in [-0.1, -0.05) is 13.8 Å². The molecule has 0 saturated carbocycles. The number of ether oxygens (including phenoxy) is 1. The normalized spacial score (nSPS) is 11.8. The largest absolute Gasteiger partial charge is 0.472 e. The highest BCUT2D eigenvalue weighted by Crippen LogP contribution is 2.26. The van der Waals surface area contributed by atoms with Gasteiger partial charge in [-0.25, -0.2) is 4.79 Å². The monoisotopic (exact) mass is 296 g/mol. The molecular weight excluding hydrogens is 280 g/mol. The number of carbonyl (C=O) groups excluding carboxylic acids is 2. The van der Waals surface area contributed by atoms with E-state index in [9.17, 15) is 19.7 Å². The number of pyridine rings is 1. The summed E-state index contributed by atoms with van der Waals surface area (Å²) >= 11 is 0. The Bertz CT molecular complexity index is 573. The van der Waals surface area contributed by atoms with E-state index in [1.54, 1.807) is 20.8 Å². The standard InChI is InChI=1S/C12H16N4O5/c1-6(2)9(11(17)15-12(13)18)21-8-5-4-7(3)14-10(8)16(19)20/h4-6,9H,1-3H3,(H3,13,15,17,18). The van der Waals surface area contributed by atoms with Crippen molar-refractivity contribution in [3.05, 3.63) is 27.9 Å². The predicted octanol–water partition coefficient (Wildman–Crippen LogP) is 0.897. The minimum atomic E-state index is -1.11. The lowest BCUT2D eigenvalue weighted by Gasteiger charge is -2.20. The molecule has 0 fully saturated rings. The molecule has 0 aliphatic rings. The van der Waals surface area contributed by atoms with E-state index >= 15 is 0 Å². The smallest absolute Gasteiger partial charge is 0.406 e. The zero-order chi connectivity index (χ0) is 16.2. The number of nitro groups is 1. The third-order valence-corrected chi connectivity index (χ3v) is 2.52. The van der Waals surface area contributed by atoms with Crippen LogP contribution in [0.4, 0.5) is 10.6 Å². The van der Waals surface area contributed by atoms with Gasteiger partial charge in [0.15, 0.2) is 6.10 Å². The number of rotatable bonds is 5. The van der Waals surface area contributed by atoms with Crippen LogP contribution in [0.15, 0.2) is 12.1 Å². The highest BCUT2D eigenvalue weighted by Gasteiger charge is 2.29. The summed E-state index contributed by atoms with van der Waals surface area (Å²) in [5.74, 6) is -1.76. The molecule has 1 atom stereocenters. The van der Waals surface area contributed by atoms with E-state index in [4.69, 9.17) is 10.5 Å². The van der Waals surface area contributed by atoms with Gasteiger partial charge in [0.25, 0.3) is 5.91 Å². The molecule has 0 bridgehead atoms. The maximum absolute atomic E-state index is 11.8. The molecule has 0 saturated heterocycles. The van der Waals surface area contributed by atoms with Gasteiger partial charge in [-0.2, -0.15) is 0 Å². The molecule has 3 N–H and O–H groups in total. The second kappa shape index (κ2) is 6.64. The molecule has 0 aliphatic carbocycles. The average molecular weight is 296 g/mol. The summed E-state index contributed by atoms with van der Waals surface area (Å²) in [7, 11) is 0. The van der Waals surface area contributed by atoms with Crippen molar-refractivity contribution in [2.24, 2.45) is 11.7 Å². The molecule has 0 aromatic carbocycles. The molecule has 0 radical (unpaired) electrons. The van der Waals surface area contributed by atoms with Crippen molar-refractivity contribution >= 4 is 17.8 Å². The number of primary amides is 1. The van der Waals surface area contributed by atoms with Crippen molar-refractivity contribution in [1.82, 2.24) is 10.3 Å². The lowest BCUT2D eigenvalue weighted by atomic mass is 10.1. The fourth-order valence-electron chi connectivity index (χ4n) is 1.57. The molecule has 3 amide bonds. The zero-order valence-electron chi connectivity index (χ0n) is 11.8. The quantitative estimate of drug-likeness (QED) is 0.611. The van der Waals surface area contributed by atoms with Crippen LogP contribution < -0.4 is 15.8 Å². The highest BCUT2D eigenvalue weighted by atomic mass is 16.6. The summed E-state index contributed by atoms with van der Waals surface area (Å²) in [6.45, 7) is 4.92. The molecule has 1 unspecified atom stereocenters. The Morgan fingerprint density at radius 1 is 1.43 bits per heavy atom. The van der Waals surface area contributed by atoms with Crippen LogP contribution in [-0.2, 0) is 4.79 Å². The first-order valence-corrected chi connectivity index (χ1v) is 6.11. The van der Waals surface area contributed by atoms with Gasteiger partial charge in [0.05, 0.1) is 0 Å². The van der Waals surface area contributed by atoms with Crippen LogP contribution in [0.5, 0.6) is 5.75 Å². The number of amides is 3. The summed E-state index contributed by atoms with van der Waals surface area (Å²) in [5, 5.41) is 12.9. The molecule has 0 aliphatic heterocycles. The SMILES string of the molecule is Cc1ccc(OC(C(=O)NC(N)=O)C(C)C)c([N+](=O)[O-])n1. The van der Waals surface area contributed by atoms with E-state index in [0.29, 0.717) is 5.69 Å². The maximum atomic E-state index is 11.8. The second-order valence-corrected chi connectivity index (χ2v) is 4.67. The minimum Gasteiger partial charge on any atom is -0.472 e. The van der Waals surface area contributed by atoms with Gasteiger partial charge in [0.1, 0.15) is 5.69 Å². The second-order valence-electron chi connectivity index (χ2n) is 4.67. The summed E-state index contributed by atoms with van der Waals surface area (Å²) in [6.07, 6.45) is -1.11. The van der Waals surface area contributed by atoms with E-state index < -0.39 is 28.8 Å². The molecule has 0 spiro atoms. The molecular formula is C12H16N4O5. The van der Waals surface area contributed by atoms with Crippen LogP contribution in [-0.4, -0.2) is 27.9 Å². The van der Waals surface area contributed by atoms with Crippen molar-refractivity contribution in [2.75, 3.05) is 0 Å². The van der Waals surface area contributed by atoms with Crippen LogP contribution in [0.3, 0.4) is 0 Å². The van der Waals surface area contributed by atoms with Crippen molar-refractivity contribution in [3.63, 3.8) is 0 Å². The average Bonchev–Trinajstić information content (AvgIpc) is 2.35. The van der Waals surface area contributed by atoms with E-state index in [2.05, 4.69) is 4.98 Å². The number of aromatic nitrogens is 1. The fourth-order valence-corrected chi connectivity index (χ4v) is 1.57. The van der Waals surface area contributed by atoms with Crippen LogP contribution in [0.1, 0.15) is 19.5 Å². The maximum Gasteiger partial charge on any atom is 0.406 e. The lowest BCUT2D eigenvalue weighted by molar-refractivity contribution is -0.390. The summed E-state index contributed by atoms with van der Waals surface area (Å²) < 4.78 is 5.36. The number of carbonyl (C=O) groups is 2. The van der Waals surface area contributed by atoms with E-state index in [-0.39, 0.29) is 11.7 Å². The number of nitrogens with zero attached hydrogens (tertiary/aromatic N) is 2. The van der Waals surface area contributed by atoms with Crippen molar-refractivity contribution in [2.45, 2.75) is 26.9 Å². The first-order valence-electron chi connectivity index (χ1n) is 6.11. The number of imide groups is 1. The number of urea groups is 1. The van der Waals surface area contributed by atoms with Gasteiger partial charge in [-0.15, -0.1) is 0 Å².